The minimum absolute atomic E-state index is 0.110. The normalized spacial score (nSPS) is 15.1. The van der Waals surface area contributed by atoms with E-state index in [2.05, 4.69) is 44.7 Å². The molecule has 7 nitrogen and oxygen atoms in total. The molecular weight excluding hydrogens is 468 g/mol. The lowest BCUT2D eigenvalue weighted by atomic mass is 10.2. The third-order valence-electron chi connectivity index (χ3n) is 6.00. The zero-order chi connectivity index (χ0) is 22.2. The van der Waals surface area contributed by atoms with Gasteiger partial charge in [-0.15, -0.1) is 0 Å². The molecule has 0 aliphatic carbocycles. The molecule has 0 amide bonds. The van der Waals surface area contributed by atoms with Gasteiger partial charge < -0.3 is 4.90 Å². The molecule has 0 atom stereocenters. The number of para-hydroxylation sites is 1. The molecular formula is C24H25BrN6O. The van der Waals surface area contributed by atoms with Gasteiger partial charge in [0.25, 0.3) is 5.56 Å². The molecule has 1 fully saturated rings. The van der Waals surface area contributed by atoms with Gasteiger partial charge in [-0.1, -0.05) is 34.1 Å². The highest BCUT2D eigenvalue weighted by Crippen LogP contribution is 2.23. The zero-order valence-electron chi connectivity index (χ0n) is 18.1. The quantitative estimate of drug-likeness (QED) is 0.432. The van der Waals surface area contributed by atoms with Crippen LogP contribution in [0.1, 0.15) is 13.8 Å². The minimum atomic E-state index is -0.110. The number of nitrogens with zero attached hydrogens (tertiary/aromatic N) is 6. The Bertz CT molecular complexity index is 1290. The van der Waals surface area contributed by atoms with Gasteiger partial charge in [-0.05, 0) is 50.2 Å². The van der Waals surface area contributed by atoms with Crippen molar-refractivity contribution in [2.24, 2.45) is 0 Å². The number of hydrogen-bond donors (Lipinski definition) is 0. The van der Waals surface area contributed by atoms with Crippen molar-refractivity contribution in [2.45, 2.75) is 19.9 Å². The summed E-state index contributed by atoms with van der Waals surface area (Å²) in [4.78, 5) is 23.4. The first kappa shape index (κ1) is 20.9. The third-order valence-corrected chi connectivity index (χ3v) is 6.52. The summed E-state index contributed by atoms with van der Waals surface area (Å²) in [5, 5.41) is 5.00. The zero-order valence-corrected chi connectivity index (χ0v) is 19.7. The molecule has 1 saturated heterocycles. The van der Waals surface area contributed by atoms with Crippen LogP contribution < -0.4 is 10.5 Å². The highest BCUT2D eigenvalue weighted by Gasteiger charge is 2.25. The molecule has 2 aromatic heterocycles. The Labute approximate surface area is 195 Å². The number of benzene rings is 2. The monoisotopic (exact) mass is 492 g/mol. The summed E-state index contributed by atoms with van der Waals surface area (Å²) in [7, 11) is 0. The smallest absolute Gasteiger partial charge is 0.270 e. The van der Waals surface area contributed by atoms with Crippen LogP contribution in [0, 0.1) is 0 Å². The van der Waals surface area contributed by atoms with Gasteiger partial charge in [0.1, 0.15) is 5.39 Å². The first-order valence-electron chi connectivity index (χ1n) is 10.8. The van der Waals surface area contributed by atoms with Crippen LogP contribution in [-0.2, 0) is 0 Å². The van der Waals surface area contributed by atoms with E-state index in [1.54, 1.807) is 15.4 Å². The van der Waals surface area contributed by atoms with Crippen molar-refractivity contribution in [2.75, 3.05) is 31.1 Å². The highest BCUT2D eigenvalue weighted by molar-refractivity contribution is 9.10. The molecule has 0 radical (unpaired) electrons. The van der Waals surface area contributed by atoms with E-state index in [4.69, 9.17) is 4.98 Å². The topological polar surface area (TPSA) is 59.2 Å². The van der Waals surface area contributed by atoms with E-state index in [1.165, 1.54) is 0 Å². The number of anilines is 1. The second kappa shape index (κ2) is 8.52. The van der Waals surface area contributed by atoms with Crippen molar-refractivity contribution in [3.63, 3.8) is 0 Å². The number of rotatable bonds is 4. The van der Waals surface area contributed by atoms with Crippen LogP contribution in [0.2, 0.25) is 0 Å². The summed E-state index contributed by atoms with van der Waals surface area (Å²) in [5.74, 6) is 0.658. The lowest BCUT2D eigenvalue weighted by molar-refractivity contribution is 0.208. The maximum atomic E-state index is 13.7. The summed E-state index contributed by atoms with van der Waals surface area (Å²) < 4.78 is 4.43. The van der Waals surface area contributed by atoms with Crippen molar-refractivity contribution < 1.29 is 0 Å². The molecule has 164 valence electrons. The molecule has 4 aromatic rings. The molecule has 1 aliphatic rings. The fourth-order valence-corrected chi connectivity index (χ4v) is 4.45. The summed E-state index contributed by atoms with van der Waals surface area (Å²) in [5.41, 5.74) is 2.14. The fourth-order valence-electron chi connectivity index (χ4n) is 4.19. The van der Waals surface area contributed by atoms with E-state index in [9.17, 15) is 4.79 Å². The van der Waals surface area contributed by atoms with E-state index >= 15 is 0 Å². The Hall–Kier alpha value is -2.97. The van der Waals surface area contributed by atoms with Gasteiger partial charge in [-0.2, -0.15) is 10.1 Å². The Balaban J connectivity index is 1.69. The molecule has 3 heterocycles. The second-order valence-corrected chi connectivity index (χ2v) is 9.19. The van der Waals surface area contributed by atoms with Gasteiger partial charge in [-0.25, -0.2) is 9.25 Å². The standard InChI is InChI=1S/C24H25BrN6O/c1-17(2)28-12-14-29(15-13-28)24-27-22-21(16-26-31(22)20-6-4-3-5-7-20)23(32)30(24)19-10-8-18(25)9-11-19/h3-11,16-17H,12-15H2,1-2H3. The first-order valence-corrected chi connectivity index (χ1v) is 11.6. The van der Waals surface area contributed by atoms with E-state index in [0.29, 0.717) is 23.0 Å². The van der Waals surface area contributed by atoms with E-state index in [-0.39, 0.29) is 5.56 Å². The van der Waals surface area contributed by atoms with E-state index in [0.717, 1.165) is 42.0 Å². The van der Waals surface area contributed by atoms with Crippen molar-refractivity contribution in [3.8, 4) is 11.4 Å². The maximum Gasteiger partial charge on any atom is 0.270 e. The van der Waals surface area contributed by atoms with Crippen molar-refractivity contribution in [3.05, 3.63) is 75.6 Å². The number of piperazine rings is 1. The van der Waals surface area contributed by atoms with Crippen LogP contribution in [-0.4, -0.2) is 56.5 Å². The number of hydrogen-bond acceptors (Lipinski definition) is 5. The largest absolute Gasteiger partial charge is 0.339 e. The Morgan fingerprint density at radius 3 is 2.25 bits per heavy atom. The van der Waals surface area contributed by atoms with Crippen LogP contribution in [0.3, 0.4) is 0 Å². The average molecular weight is 493 g/mol. The van der Waals surface area contributed by atoms with Gasteiger partial charge in [0, 0.05) is 36.7 Å². The number of fused-ring (bicyclic) bond motifs is 1. The predicted octanol–water partition coefficient (Wildman–Crippen LogP) is 3.86. The molecule has 8 heteroatoms. The predicted molar refractivity (Wildman–Crippen MR) is 131 cm³/mol. The van der Waals surface area contributed by atoms with Crippen molar-refractivity contribution in [1.82, 2.24) is 24.2 Å². The second-order valence-electron chi connectivity index (χ2n) is 8.27. The van der Waals surface area contributed by atoms with Gasteiger partial charge in [0.2, 0.25) is 5.95 Å². The number of aromatic nitrogens is 4. The Kier molecular flexibility index (Phi) is 5.57. The molecule has 0 bridgehead atoms. The third kappa shape index (κ3) is 3.73. The molecule has 0 spiro atoms. The molecule has 0 unspecified atom stereocenters. The van der Waals surface area contributed by atoms with Crippen LogP contribution in [0.15, 0.2) is 70.1 Å². The molecule has 32 heavy (non-hydrogen) atoms. The van der Waals surface area contributed by atoms with Crippen LogP contribution in [0.5, 0.6) is 0 Å². The lowest BCUT2D eigenvalue weighted by Crippen LogP contribution is -2.50. The first-order chi connectivity index (χ1) is 15.5. The molecule has 0 saturated carbocycles. The Morgan fingerprint density at radius 1 is 0.906 bits per heavy atom. The fraction of sp³-hybridized carbons (Fsp3) is 0.292. The molecule has 2 aromatic carbocycles. The van der Waals surface area contributed by atoms with Gasteiger partial charge >= 0.3 is 0 Å². The van der Waals surface area contributed by atoms with Crippen molar-refractivity contribution >= 4 is 32.9 Å². The molecule has 5 rings (SSSR count). The van der Waals surface area contributed by atoms with Gasteiger partial charge in [0.15, 0.2) is 5.65 Å². The van der Waals surface area contributed by atoms with Crippen LogP contribution >= 0.6 is 15.9 Å². The minimum Gasteiger partial charge on any atom is -0.339 e. The summed E-state index contributed by atoms with van der Waals surface area (Å²) in [6.07, 6.45) is 1.62. The maximum absolute atomic E-state index is 13.7. The van der Waals surface area contributed by atoms with E-state index < -0.39 is 0 Å². The Morgan fingerprint density at radius 2 is 1.59 bits per heavy atom. The average Bonchev–Trinajstić information content (AvgIpc) is 3.25. The van der Waals surface area contributed by atoms with E-state index in [1.807, 2.05) is 54.6 Å². The molecule has 1 aliphatic heterocycles. The molecule has 0 N–H and O–H groups in total. The summed E-state index contributed by atoms with van der Waals surface area (Å²) in [6.45, 7) is 7.93. The highest BCUT2D eigenvalue weighted by atomic mass is 79.9. The number of halogens is 1. The van der Waals surface area contributed by atoms with Crippen molar-refractivity contribution in [1.29, 1.82) is 0 Å². The van der Waals surface area contributed by atoms with Gasteiger partial charge in [0.05, 0.1) is 17.6 Å². The SMILES string of the molecule is CC(C)N1CCN(c2nc3c(cnn3-c3ccccc3)c(=O)n2-c2ccc(Br)cc2)CC1. The van der Waals surface area contributed by atoms with Crippen LogP contribution in [0.25, 0.3) is 22.4 Å². The van der Waals surface area contributed by atoms with Crippen LogP contribution in [0.4, 0.5) is 5.95 Å². The van der Waals surface area contributed by atoms with Gasteiger partial charge in [-0.3, -0.25) is 9.69 Å². The summed E-state index contributed by atoms with van der Waals surface area (Å²) in [6, 6.07) is 18.1. The lowest BCUT2D eigenvalue weighted by Gasteiger charge is -2.38. The summed E-state index contributed by atoms with van der Waals surface area (Å²) >= 11 is 3.49.